The van der Waals surface area contributed by atoms with Gasteiger partial charge < -0.3 is 4.57 Å². The summed E-state index contributed by atoms with van der Waals surface area (Å²) in [6.07, 6.45) is 5.47. The quantitative estimate of drug-likeness (QED) is 0.800. The molecule has 1 aromatic carbocycles. The van der Waals surface area contributed by atoms with Crippen LogP contribution in [0.1, 0.15) is 34.3 Å². The van der Waals surface area contributed by atoms with E-state index in [4.69, 9.17) is 5.26 Å². The summed E-state index contributed by atoms with van der Waals surface area (Å²) in [6, 6.07) is 8.37. The predicted octanol–water partition coefficient (Wildman–Crippen LogP) is 3.14. The average molecular weight is 268 g/mol. The van der Waals surface area contributed by atoms with Crippen LogP contribution in [0.5, 0.6) is 0 Å². The summed E-state index contributed by atoms with van der Waals surface area (Å²) in [7, 11) is 0. The molecule has 100 valence electrons. The van der Waals surface area contributed by atoms with Gasteiger partial charge in [-0.1, -0.05) is 12.1 Å². The first-order valence-corrected chi connectivity index (χ1v) is 6.56. The maximum Gasteiger partial charge on any atom is 0.167 e. The molecule has 1 aromatic heterocycles. The van der Waals surface area contributed by atoms with Crippen LogP contribution in [0.15, 0.2) is 36.7 Å². The standard InChI is InChI=1S/C16H13FN2O/c17-15-12(8-18)2-1-3-13(15)9-19-7-6-14(10-19)16(20)11-4-5-11/h1-3,6-7,10-11H,4-5,9H2. The Labute approximate surface area is 116 Å². The molecule has 1 saturated carbocycles. The molecule has 1 heterocycles. The van der Waals surface area contributed by atoms with E-state index in [0.29, 0.717) is 17.7 Å². The van der Waals surface area contributed by atoms with Crippen LogP contribution in [-0.2, 0) is 6.54 Å². The van der Waals surface area contributed by atoms with Crippen LogP contribution in [0.2, 0.25) is 0 Å². The molecule has 0 atom stereocenters. The number of halogens is 1. The largest absolute Gasteiger partial charge is 0.349 e. The van der Waals surface area contributed by atoms with E-state index >= 15 is 0 Å². The monoisotopic (exact) mass is 268 g/mol. The van der Waals surface area contributed by atoms with Gasteiger partial charge in [-0.3, -0.25) is 4.79 Å². The molecule has 0 saturated heterocycles. The zero-order valence-corrected chi connectivity index (χ0v) is 10.8. The summed E-state index contributed by atoms with van der Waals surface area (Å²) >= 11 is 0. The molecule has 0 radical (unpaired) electrons. The minimum absolute atomic E-state index is 0.0453. The molecule has 3 nitrogen and oxygen atoms in total. The number of nitriles is 1. The van der Waals surface area contributed by atoms with Crippen LogP contribution in [0.25, 0.3) is 0 Å². The lowest BCUT2D eigenvalue weighted by Gasteiger charge is -2.05. The second-order valence-electron chi connectivity index (χ2n) is 5.10. The van der Waals surface area contributed by atoms with Crippen molar-refractivity contribution in [2.24, 2.45) is 5.92 Å². The number of rotatable bonds is 4. The van der Waals surface area contributed by atoms with Gasteiger partial charge in [0.15, 0.2) is 5.78 Å². The molecule has 1 fully saturated rings. The number of carbonyl (C=O) groups excluding carboxylic acids is 1. The van der Waals surface area contributed by atoms with E-state index in [2.05, 4.69) is 0 Å². The van der Waals surface area contributed by atoms with E-state index in [1.807, 2.05) is 6.07 Å². The molecule has 0 unspecified atom stereocenters. The maximum atomic E-state index is 14.0. The second-order valence-corrected chi connectivity index (χ2v) is 5.10. The number of carbonyl (C=O) groups is 1. The van der Waals surface area contributed by atoms with Crippen molar-refractivity contribution in [2.45, 2.75) is 19.4 Å². The van der Waals surface area contributed by atoms with Gasteiger partial charge in [-0.2, -0.15) is 5.26 Å². The lowest BCUT2D eigenvalue weighted by Crippen LogP contribution is -2.02. The first-order chi connectivity index (χ1) is 9.69. The molecule has 0 N–H and O–H groups in total. The van der Waals surface area contributed by atoms with Gasteiger partial charge in [0.1, 0.15) is 11.9 Å². The lowest BCUT2D eigenvalue weighted by atomic mass is 10.1. The molecule has 1 aliphatic carbocycles. The minimum Gasteiger partial charge on any atom is -0.349 e. The highest BCUT2D eigenvalue weighted by Gasteiger charge is 2.30. The van der Waals surface area contributed by atoms with E-state index in [0.717, 1.165) is 12.8 Å². The van der Waals surface area contributed by atoms with Crippen LogP contribution < -0.4 is 0 Å². The molecule has 20 heavy (non-hydrogen) atoms. The Morgan fingerprint density at radius 1 is 1.40 bits per heavy atom. The molecule has 0 amide bonds. The van der Waals surface area contributed by atoms with E-state index < -0.39 is 5.82 Å². The molecular weight excluding hydrogens is 255 g/mol. The predicted molar refractivity (Wildman–Crippen MR) is 71.7 cm³/mol. The summed E-state index contributed by atoms with van der Waals surface area (Å²) < 4.78 is 15.7. The van der Waals surface area contributed by atoms with Gasteiger partial charge in [0.05, 0.1) is 5.56 Å². The van der Waals surface area contributed by atoms with Crippen LogP contribution in [0, 0.1) is 23.1 Å². The first-order valence-electron chi connectivity index (χ1n) is 6.56. The van der Waals surface area contributed by atoms with Crippen molar-refractivity contribution >= 4 is 5.78 Å². The summed E-state index contributed by atoms with van der Waals surface area (Å²) in [4.78, 5) is 11.9. The number of Topliss-reactive ketones (excluding diaryl/α,β-unsaturated/α-hetero) is 1. The van der Waals surface area contributed by atoms with Crippen molar-refractivity contribution in [3.63, 3.8) is 0 Å². The zero-order valence-electron chi connectivity index (χ0n) is 10.8. The van der Waals surface area contributed by atoms with Crippen molar-refractivity contribution in [3.05, 3.63) is 59.2 Å². The van der Waals surface area contributed by atoms with Crippen molar-refractivity contribution < 1.29 is 9.18 Å². The van der Waals surface area contributed by atoms with E-state index in [1.54, 1.807) is 35.2 Å². The third kappa shape index (κ3) is 2.35. The summed E-state index contributed by atoms with van der Waals surface area (Å²) in [6.45, 7) is 0.319. The number of aromatic nitrogens is 1. The maximum absolute atomic E-state index is 14.0. The van der Waals surface area contributed by atoms with Crippen LogP contribution in [0.4, 0.5) is 4.39 Å². The number of nitrogens with zero attached hydrogens (tertiary/aromatic N) is 2. The van der Waals surface area contributed by atoms with Crippen molar-refractivity contribution in [1.82, 2.24) is 4.57 Å². The third-order valence-corrected chi connectivity index (χ3v) is 3.54. The highest BCUT2D eigenvalue weighted by molar-refractivity contribution is 5.99. The third-order valence-electron chi connectivity index (χ3n) is 3.54. The smallest absolute Gasteiger partial charge is 0.167 e. The second kappa shape index (κ2) is 4.93. The Balaban J connectivity index is 1.81. The summed E-state index contributed by atoms with van der Waals surface area (Å²) in [5, 5.41) is 8.81. The Morgan fingerprint density at radius 2 is 2.20 bits per heavy atom. The molecule has 0 spiro atoms. The number of hydrogen-bond donors (Lipinski definition) is 0. The van der Waals surface area contributed by atoms with Crippen LogP contribution in [0.3, 0.4) is 0 Å². The van der Waals surface area contributed by atoms with Gasteiger partial charge >= 0.3 is 0 Å². The van der Waals surface area contributed by atoms with Gasteiger partial charge in [-0.05, 0) is 25.0 Å². The molecule has 0 aliphatic heterocycles. The van der Waals surface area contributed by atoms with Gasteiger partial charge in [-0.25, -0.2) is 4.39 Å². The zero-order chi connectivity index (χ0) is 14.1. The molecule has 2 aromatic rings. The van der Waals surface area contributed by atoms with Crippen LogP contribution >= 0.6 is 0 Å². The van der Waals surface area contributed by atoms with Crippen molar-refractivity contribution in [1.29, 1.82) is 5.26 Å². The Bertz CT molecular complexity index is 708. The van der Waals surface area contributed by atoms with Crippen molar-refractivity contribution in [2.75, 3.05) is 0 Å². The Kier molecular flexibility index (Phi) is 3.11. The Hall–Kier alpha value is -2.41. The number of ketones is 1. The summed E-state index contributed by atoms with van der Waals surface area (Å²) in [5.41, 5.74) is 1.18. The minimum atomic E-state index is -0.487. The first kappa shape index (κ1) is 12.6. The van der Waals surface area contributed by atoms with Gasteiger partial charge in [0.2, 0.25) is 0 Å². The topological polar surface area (TPSA) is 45.8 Å². The Morgan fingerprint density at radius 3 is 2.90 bits per heavy atom. The molecule has 1 aliphatic rings. The van der Waals surface area contributed by atoms with E-state index in [9.17, 15) is 9.18 Å². The average Bonchev–Trinajstić information content (AvgIpc) is 3.20. The number of benzene rings is 1. The van der Waals surface area contributed by atoms with E-state index in [1.165, 1.54) is 6.07 Å². The van der Waals surface area contributed by atoms with Crippen LogP contribution in [-0.4, -0.2) is 10.4 Å². The highest BCUT2D eigenvalue weighted by Crippen LogP contribution is 2.32. The molecular formula is C16H13FN2O. The molecule has 3 rings (SSSR count). The highest BCUT2D eigenvalue weighted by atomic mass is 19.1. The summed E-state index contributed by atoms with van der Waals surface area (Å²) in [5.74, 6) is -0.127. The van der Waals surface area contributed by atoms with E-state index in [-0.39, 0.29) is 17.3 Å². The fourth-order valence-electron chi connectivity index (χ4n) is 2.25. The van der Waals surface area contributed by atoms with Crippen molar-refractivity contribution in [3.8, 4) is 6.07 Å². The SMILES string of the molecule is N#Cc1cccc(Cn2ccc(C(=O)C3CC3)c2)c1F. The van der Waals surface area contributed by atoms with Gasteiger partial charge in [-0.15, -0.1) is 0 Å². The number of hydrogen-bond acceptors (Lipinski definition) is 2. The van der Waals surface area contributed by atoms with Gasteiger partial charge in [0.25, 0.3) is 0 Å². The fourth-order valence-corrected chi connectivity index (χ4v) is 2.25. The molecule has 4 heteroatoms. The van der Waals surface area contributed by atoms with Gasteiger partial charge in [0, 0.05) is 36.0 Å². The fraction of sp³-hybridized carbons (Fsp3) is 0.250. The molecule has 0 bridgehead atoms. The normalized spacial score (nSPS) is 14.0. The lowest BCUT2D eigenvalue weighted by molar-refractivity contribution is 0.0967.